The Morgan fingerprint density at radius 2 is 1.71 bits per heavy atom. The number of benzene rings is 1. The van der Waals surface area contributed by atoms with Crippen molar-refractivity contribution in [2.75, 3.05) is 40.3 Å². The Labute approximate surface area is 206 Å². The van der Waals surface area contributed by atoms with Gasteiger partial charge in [-0.3, -0.25) is 9.69 Å². The van der Waals surface area contributed by atoms with Gasteiger partial charge in [0.1, 0.15) is 0 Å². The van der Waals surface area contributed by atoms with Crippen molar-refractivity contribution in [3.8, 4) is 0 Å². The van der Waals surface area contributed by atoms with Gasteiger partial charge in [-0.15, -0.1) is 24.0 Å². The zero-order valence-corrected chi connectivity index (χ0v) is 22.4. The number of nitrogens with one attached hydrogen (secondary N) is 2. The monoisotopic (exact) mass is 543 g/mol. The predicted octanol–water partition coefficient (Wildman–Crippen LogP) is 3.85. The van der Waals surface area contributed by atoms with Crippen molar-refractivity contribution < 1.29 is 4.79 Å². The molecule has 1 amide bonds. The number of hydrogen-bond acceptors (Lipinski definition) is 3. The molecule has 1 aliphatic carbocycles. The van der Waals surface area contributed by atoms with E-state index in [-0.39, 0.29) is 35.3 Å². The molecule has 7 heteroatoms. The van der Waals surface area contributed by atoms with Crippen molar-refractivity contribution in [1.29, 1.82) is 0 Å². The lowest BCUT2D eigenvalue weighted by Crippen LogP contribution is -2.49. The first-order valence-corrected chi connectivity index (χ1v) is 11.5. The Balaban J connectivity index is 0.00000480. The SMILES string of the molecule is CCNC(=NCc1cccc(CN(CC)CC)c1)NCC1(C(=O)N(C)C)CCCC1.I. The molecule has 0 spiro atoms. The van der Waals surface area contributed by atoms with E-state index in [1.165, 1.54) is 11.1 Å². The molecule has 0 bridgehead atoms. The molecule has 0 unspecified atom stereocenters. The van der Waals surface area contributed by atoms with Gasteiger partial charge < -0.3 is 15.5 Å². The molecule has 0 aliphatic heterocycles. The maximum atomic E-state index is 12.8. The molecule has 2 rings (SSSR count). The van der Waals surface area contributed by atoms with E-state index in [0.29, 0.717) is 13.1 Å². The third-order valence-corrected chi connectivity index (χ3v) is 6.07. The van der Waals surface area contributed by atoms with E-state index in [4.69, 9.17) is 4.99 Å². The zero-order chi connectivity index (χ0) is 22.0. The summed E-state index contributed by atoms with van der Waals surface area (Å²) in [5, 5.41) is 6.79. The summed E-state index contributed by atoms with van der Waals surface area (Å²) >= 11 is 0. The number of guanidine groups is 1. The number of nitrogens with zero attached hydrogens (tertiary/aromatic N) is 3. The van der Waals surface area contributed by atoms with Gasteiger partial charge in [-0.1, -0.05) is 51.0 Å². The van der Waals surface area contributed by atoms with E-state index >= 15 is 0 Å². The third-order valence-electron chi connectivity index (χ3n) is 6.07. The summed E-state index contributed by atoms with van der Waals surface area (Å²) in [4.78, 5) is 21.8. The second kappa shape index (κ2) is 13.9. The summed E-state index contributed by atoms with van der Waals surface area (Å²) in [6.45, 7) is 11.6. The van der Waals surface area contributed by atoms with Crippen LogP contribution in [0.15, 0.2) is 29.3 Å². The van der Waals surface area contributed by atoms with Gasteiger partial charge in [0.25, 0.3) is 0 Å². The highest BCUT2D eigenvalue weighted by atomic mass is 127. The topological polar surface area (TPSA) is 60.0 Å². The highest BCUT2D eigenvalue weighted by Gasteiger charge is 2.42. The summed E-state index contributed by atoms with van der Waals surface area (Å²) < 4.78 is 0. The van der Waals surface area contributed by atoms with Gasteiger partial charge in [0.15, 0.2) is 5.96 Å². The van der Waals surface area contributed by atoms with Crippen molar-refractivity contribution in [3.63, 3.8) is 0 Å². The van der Waals surface area contributed by atoms with Crippen LogP contribution in [0.5, 0.6) is 0 Å². The molecule has 0 heterocycles. The predicted molar refractivity (Wildman–Crippen MR) is 141 cm³/mol. The molecule has 0 radical (unpaired) electrons. The van der Waals surface area contributed by atoms with E-state index in [1.54, 1.807) is 4.90 Å². The lowest BCUT2D eigenvalue weighted by Gasteiger charge is -2.31. The van der Waals surface area contributed by atoms with Gasteiger partial charge in [-0.05, 0) is 44.0 Å². The van der Waals surface area contributed by atoms with Crippen LogP contribution in [0.1, 0.15) is 57.6 Å². The first kappa shape index (κ1) is 27.7. The molecule has 176 valence electrons. The van der Waals surface area contributed by atoms with Gasteiger partial charge in [0.2, 0.25) is 5.91 Å². The van der Waals surface area contributed by atoms with Crippen LogP contribution >= 0.6 is 24.0 Å². The van der Waals surface area contributed by atoms with Gasteiger partial charge in [0.05, 0.1) is 12.0 Å². The lowest BCUT2D eigenvalue weighted by molar-refractivity contribution is -0.138. The first-order valence-electron chi connectivity index (χ1n) is 11.5. The summed E-state index contributed by atoms with van der Waals surface area (Å²) in [6, 6.07) is 8.69. The number of carbonyl (C=O) groups is 1. The molecule has 1 saturated carbocycles. The molecule has 0 aromatic heterocycles. The molecular formula is C24H42IN5O. The molecule has 1 aromatic rings. The lowest BCUT2D eigenvalue weighted by atomic mass is 9.84. The maximum Gasteiger partial charge on any atom is 0.230 e. The molecule has 1 aliphatic rings. The minimum absolute atomic E-state index is 0. The minimum Gasteiger partial charge on any atom is -0.357 e. The molecule has 2 N–H and O–H groups in total. The summed E-state index contributed by atoms with van der Waals surface area (Å²) in [5.74, 6) is 1.01. The van der Waals surface area contributed by atoms with E-state index in [9.17, 15) is 4.79 Å². The summed E-state index contributed by atoms with van der Waals surface area (Å²) in [5.41, 5.74) is 2.23. The van der Waals surface area contributed by atoms with Crippen molar-refractivity contribution >= 4 is 35.8 Å². The van der Waals surface area contributed by atoms with E-state index in [0.717, 1.165) is 57.8 Å². The standard InChI is InChI=1S/C24H41N5O.HI/c1-6-25-23(27-19-24(14-9-10-15-24)22(30)28(4)5)26-17-20-12-11-13-21(16-20)18-29(7-2)8-3;/h11-13,16H,6-10,14-15,17-19H2,1-5H3,(H2,25,26,27);1H. The van der Waals surface area contributed by atoms with Crippen molar-refractivity contribution in [2.45, 2.75) is 59.5 Å². The summed E-state index contributed by atoms with van der Waals surface area (Å²) in [6.07, 6.45) is 4.14. The van der Waals surface area contributed by atoms with Crippen molar-refractivity contribution in [1.82, 2.24) is 20.4 Å². The van der Waals surface area contributed by atoms with E-state index in [2.05, 4.69) is 60.6 Å². The number of halogens is 1. The Morgan fingerprint density at radius 3 is 2.29 bits per heavy atom. The van der Waals surface area contributed by atoms with Crippen LogP contribution in [0.2, 0.25) is 0 Å². The zero-order valence-electron chi connectivity index (χ0n) is 20.0. The van der Waals surface area contributed by atoms with Crippen LogP contribution in [-0.4, -0.2) is 61.9 Å². The largest absolute Gasteiger partial charge is 0.357 e. The summed E-state index contributed by atoms with van der Waals surface area (Å²) in [7, 11) is 3.71. The van der Waals surface area contributed by atoms with Crippen LogP contribution in [0.3, 0.4) is 0 Å². The van der Waals surface area contributed by atoms with Gasteiger partial charge in [-0.25, -0.2) is 4.99 Å². The normalized spacial score (nSPS) is 15.5. The van der Waals surface area contributed by atoms with Gasteiger partial charge >= 0.3 is 0 Å². The molecule has 6 nitrogen and oxygen atoms in total. The Hall–Kier alpha value is -1.35. The smallest absolute Gasteiger partial charge is 0.230 e. The highest BCUT2D eigenvalue weighted by Crippen LogP contribution is 2.38. The van der Waals surface area contributed by atoms with Crippen LogP contribution in [-0.2, 0) is 17.9 Å². The second-order valence-corrected chi connectivity index (χ2v) is 8.52. The fourth-order valence-electron chi connectivity index (χ4n) is 4.29. The Kier molecular flexibility index (Phi) is 12.4. The second-order valence-electron chi connectivity index (χ2n) is 8.52. The molecule has 0 saturated heterocycles. The average molecular weight is 544 g/mol. The van der Waals surface area contributed by atoms with Crippen molar-refractivity contribution in [2.24, 2.45) is 10.4 Å². The van der Waals surface area contributed by atoms with Crippen LogP contribution in [0, 0.1) is 5.41 Å². The van der Waals surface area contributed by atoms with Crippen molar-refractivity contribution in [3.05, 3.63) is 35.4 Å². The van der Waals surface area contributed by atoms with E-state index in [1.807, 2.05) is 14.1 Å². The average Bonchev–Trinajstić information content (AvgIpc) is 3.23. The first-order chi connectivity index (χ1) is 14.4. The van der Waals surface area contributed by atoms with Crippen LogP contribution in [0.25, 0.3) is 0 Å². The number of amides is 1. The number of carbonyl (C=O) groups excluding carboxylic acids is 1. The highest BCUT2D eigenvalue weighted by molar-refractivity contribution is 14.0. The Bertz CT molecular complexity index is 697. The number of hydrogen-bond donors (Lipinski definition) is 2. The molecule has 0 atom stereocenters. The minimum atomic E-state index is -0.302. The fourth-order valence-corrected chi connectivity index (χ4v) is 4.29. The number of aliphatic imine (C=N–C) groups is 1. The fraction of sp³-hybridized carbons (Fsp3) is 0.667. The molecule has 31 heavy (non-hydrogen) atoms. The van der Waals surface area contributed by atoms with Gasteiger partial charge in [0, 0.05) is 33.7 Å². The maximum absolute atomic E-state index is 12.8. The third kappa shape index (κ3) is 8.25. The molecular weight excluding hydrogens is 501 g/mol. The van der Waals surface area contributed by atoms with Crippen LogP contribution < -0.4 is 10.6 Å². The Morgan fingerprint density at radius 1 is 1.06 bits per heavy atom. The number of rotatable bonds is 10. The van der Waals surface area contributed by atoms with E-state index < -0.39 is 0 Å². The quantitative estimate of drug-likeness (QED) is 0.268. The van der Waals surface area contributed by atoms with Crippen LogP contribution in [0.4, 0.5) is 0 Å². The molecule has 1 fully saturated rings. The van der Waals surface area contributed by atoms with Gasteiger partial charge in [-0.2, -0.15) is 0 Å². The molecule has 1 aromatic carbocycles.